The first kappa shape index (κ1) is 33.3. The van der Waals surface area contributed by atoms with Crippen LogP contribution in [-0.2, 0) is 23.7 Å². The molecule has 0 aromatic rings. The molecule has 18 nitrogen and oxygen atoms in total. The molecule has 18 heteroatoms. The molecule has 3 aliphatic rings. The molecular weight excluding hydrogens is 544 g/mol. The number of hydrogen-bond donors (Lipinski definition) is 13. The zero-order chi connectivity index (χ0) is 29.9. The van der Waals surface area contributed by atoms with Crippen LogP contribution in [0.2, 0.25) is 0 Å². The first-order chi connectivity index (χ1) is 18.9. The van der Waals surface area contributed by atoms with E-state index < -0.39 is 117 Å². The molecule has 0 aromatic carbocycles. The molecule has 0 aromatic heterocycles. The lowest BCUT2D eigenvalue weighted by Gasteiger charge is -2.48. The highest BCUT2D eigenvalue weighted by Crippen LogP contribution is 2.32. The van der Waals surface area contributed by atoms with Gasteiger partial charge in [-0.3, -0.25) is 4.79 Å². The van der Waals surface area contributed by atoms with Crippen molar-refractivity contribution in [2.75, 3.05) is 19.8 Å². The molecule has 16 atom stereocenters. The van der Waals surface area contributed by atoms with Crippen LogP contribution in [0.15, 0.2) is 0 Å². The van der Waals surface area contributed by atoms with Crippen LogP contribution in [0.3, 0.4) is 0 Å². The van der Waals surface area contributed by atoms with E-state index in [9.17, 15) is 50.8 Å². The monoisotopic (exact) mass is 586 g/mol. The van der Waals surface area contributed by atoms with E-state index >= 15 is 0 Å². The van der Waals surface area contributed by atoms with Gasteiger partial charge in [0, 0.05) is 6.04 Å². The normalized spacial score (nSPS) is 47.0. The maximum Gasteiger partial charge on any atom is 0.249 e. The van der Waals surface area contributed by atoms with E-state index in [0.29, 0.717) is 0 Å². The summed E-state index contributed by atoms with van der Waals surface area (Å²) in [5.74, 6) is -0.859. The standard InChI is InChI=1S/C22H42N4O14/c23-2-1-8(29)20(36)26-7-3-6(24)18(39-22-16(34)15(33)13(31)10(5-28)38-22)17(35)19(7)40-21-14(32)11(25)12(30)9(4-27)37-21/h6-19,21-22,27-35H,1-5,23-25H2,(H,26,36)/t6-,7-,8-,9+,10+,11-,12+,13+,14+,15-,16+,17-,18+,19-,21+,22+/m0/s1. The number of nitrogens with two attached hydrogens (primary N) is 3. The molecule has 3 rings (SSSR count). The lowest BCUT2D eigenvalue weighted by atomic mass is 9.83. The third kappa shape index (κ3) is 7.06. The predicted molar refractivity (Wildman–Crippen MR) is 129 cm³/mol. The molecule has 2 heterocycles. The fourth-order valence-electron chi connectivity index (χ4n) is 5.02. The van der Waals surface area contributed by atoms with Crippen molar-refractivity contribution in [2.24, 2.45) is 17.2 Å². The first-order valence-corrected chi connectivity index (χ1v) is 13.0. The molecule has 1 aliphatic carbocycles. The van der Waals surface area contributed by atoms with E-state index in [1.807, 2.05) is 0 Å². The molecule has 2 saturated heterocycles. The number of carbonyl (C=O) groups is 1. The number of aliphatic hydroxyl groups is 9. The second-order valence-corrected chi connectivity index (χ2v) is 10.3. The van der Waals surface area contributed by atoms with Gasteiger partial charge in [-0.2, -0.15) is 0 Å². The molecule has 3 fully saturated rings. The summed E-state index contributed by atoms with van der Waals surface area (Å²) in [6.07, 6.45) is -20.6. The fourth-order valence-corrected chi connectivity index (χ4v) is 5.02. The summed E-state index contributed by atoms with van der Waals surface area (Å²) in [6.45, 7) is -1.42. The van der Waals surface area contributed by atoms with E-state index in [0.717, 1.165) is 0 Å². The third-order valence-corrected chi connectivity index (χ3v) is 7.46. The summed E-state index contributed by atoms with van der Waals surface area (Å²) in [5.41, 5.74) is 17.5. The van der Waals surface area contributed by atoms with Crippen LogP contribution < -0.4 is 22.5 Å². The van der Waals surface area contributed by atoms with Crippen molar-refractivity contribution in [1.82, 2.24) is 5.32 Å². The highest BCUT2D eigenvalue weighted by atomic mass is 16.7. The average molecular weight is 587 g/mol. The van der Waals surface area contributed by atoms with Crippen LogP contribution >= 0.6 is 0 Å². The lowest BCUT2D eigenvalue weighted by Crippen LogP contribution is -2.69. The van der Waals surface area contributed by atoms with Gasteiger partial charge in [-0.15, -0.1) is 0 Å². The molecule has 0 unspecified atom stereocenters. The zero-order valence-electron chi connectivity index (χ0n) is 21.6. The zero-order valence-corrected chi connectivity index (χ0v) is 21.6. The van der Waals surface area contributed by atoms with Crippen molar-refractivity contribution >= 4 is 5.91 Å². The summed E-state index contributed by atoms with van der Waals surface area (Å²) in [4.78, 5) is 12.6. The number of carbonyl (C=O) groups excluding carboxylic acids is 1. The molecular formula is C22H42N4O14. The van der Waals surface area contributed by atoms with Crippen molar-refractivity contribution in [3.8, 4) is 0 Å². The van der Waals surface area contributed by atoms with Gasteiger partial charge in [0.25, 0.3) is 0 Å². The minimum absolute atomic E-state index is 0.00119. The van der Waals surface area contributed by atoms with Crippen molar-refractivity contribution in [2.45, 2.75) is 111 Å². The Balaban J connectivity index is 1.85. The number of rotatable bonds is 10. The van der Waals surface area contributed by atoms with E-state index in [1.54, 1.807) is 0 Å². The number of ether oxygens (including phenoxy) is 4. The molecule has 1 amide bonds. The van der Waals surface area contributed by atoms with Crippen LogP contribution in [-0.4, -0.2) is 169 Å². The molecule has 16 N–H and O–H groups in total. The Bertz CT molecular complexity index is 813. The molecule has 1 saturated carbocycles. The van der Waals surface area contributed by atoms with E-state index in [2.05, 4.69) is 5.32 Å². The summed E-state index contributed by atoms with van der Waals surface area (Å²) >= 11 is 0. The van der Waals surface area contributed by atoms with Crippen molar-refractivity contribution in [3.05, 3.63) is 0 Å². The number of amides is 1. The summed E-state index contributed by atoms with van der Waals surface area (Å²) in [6, 6.07) is -3.52. The minimum atomic E-state index is -1.81. The Hall–Kier alpha value is -1.17. The molecule has 40 heavy (non-hydrogen) atoms. The molecule has 234 valence electrons. The topological polar surface area (TPSA) is 326 Å². The van der Waals surface area contributed by atoms with E-state index in [4.69, 9.17) is 36.1 Å². The van der Waals surface area contributed by atoms with Gasteiger partial charge in [0.05, 0.1) is 25.3 Å². The van der Waals surface area contributed by atoms with Gasteiger partial charge in [0.15, 0.2) is 12.6 Å². The lowest BCUT2D eigenvalue weighted by molar-refractivity contribution is -0.335. The van der Waals surface area contributed by atoms with Crippen molar-refractivity contribution in [3.63, 3.8) is 0 Å². The molecule has 0 radical (unpaired) electrons. The second kappa shape index (κ2) is 14.3. The Kier molecular flexibility index (Phi) is 11.9. The quantitative estimate of drug-likeness (QED) is 0.113. The van der Waals surface area contributed by atoms with E-state index in [1.165, 1.54) is 0 Å². The van der Waals surface area contributed by atoms with Gasteiger partial charge in [-0.25, -0.2) is 0 Å². The van der Waals surface area contributed by atoms with Gasteiger partial charge in [0.2, 0.25) is 5.91 Å². The van der Waals surface area contributed by atoms with Crippen LogP contribution in [0.25, 0.3) is 0 Å². The van der Waals surface area contributed by atoms with Crippen molar-refractivity contribution in [1.29, 1.82) is 0 Å². The molecule has 2 aliphatic heterocycles. The van der Waals surface area contributed by atoms with Gasteiger partial charge < -0.3 is 87.4 Å². The number of nitrogens with one attached hydrogen (secondary N) is 1. The van der Waals surface area contributed by atoms with Gasteiger partial charge >= 0.3 is 0 Å². The second-order valence-electron chi connectivity index (χ2n) is 10.3. The highest BCUT2D eigenvalue weighted by molar-refractivity contribution is 5.80. The van der Waals surface area contributed by atoms with Crippen LogP contribution in [0.5, 0.6) is 0 Å². The van der Waals surface area contributed by atoms with Crippen LogP contribution in [0, 0.1) is 0 Å². The largest absolute Gasteiger partial charge is 0.394 e. The van der Waals surface area contributed by atoms with Crippen LogP contribution in [0.4, 0.5) is 0 Å². The molecule has 0 spiro atoms. The van der Waals surface area contributed by atoms with Gasteiger partial charge in [-0.1, -0.05) is 0 Å². The van der Waals surface area contributed by atoms with E-state index in [-0.39, 0.29) is 19.4 Å². The Labute approximate surface area is 229 Å². The average Bonchev–Trinajstić information content (AvgIpc) is 2.92. The smallest absolute Gasteiger partial charge is 0.249 e. The summed E-state index contributed by atoms with van der Waals surface area (Å²) in [5, 5.41) is 94.0. The Morgan fingerprint density at radius 2 is 1.38 bits per heavy atom. The van der Waals surface area contributed by atoms with Gasteiger partial charge in [0.1, 0.15) is 67.1 Å². The maximum atomic E-state index is 12.6. The minimum Gasteiger partial charge on any atom is -0.394 e. The predicted octanol–water partition coefficient (Wildman–Crippen LogP) is -8.39. The summed E-state index contributed by atoms with van der Waals surface area (Å²) in [7, 11) is 0. The SMILES string of the molecule is NCC[C@H](O)C(=O)N[C@H]1C[C@H](N)[C@@H](O[C@H]2O[C@H](CO)[C@@H](O)[C@H](O)[C@H]2O)[C@H](O)[C@H]1O[C@H]1O[C@H](CO)[C@@H](O)[C@H](N)[C@H]1O. The third-order valence-electron chi connectivity index (χ3n) is 7.46. The van der Waals surface area contributed by atoms with Crippen LogP contribution in [0.1, 0.15) is 12.8 Å². The Morgan fingerprint density at radius 3 is 1.95 bits per heavy atom. The number of hydrogen-bond acceptors (Lipinski definition) is 17. The number of aliphatic hydroxyl groups excluding tert-OH is 9. The first-order valence-electron chi connectivity index (χ1n) is 13.0. The Morgan fingerprint density at radius 1 is 0.825 bits per heavy atom. The fraction of sp³-hybridized carbons (Fsp3) is 0.955. The highest BCUT2D eigenvalue weighted by Gasteiger charge is 2.52. The maximum absolute atomic E-state index is 12.6. The van der Waals surface area contributed by atoms with Crippen molar-refractivity contribution < 1.29 is 69.7 Å². The van der Waals surface area contributed by atoms with Gasteiger partial charge in [-0.05, 0) is 19.4 Å². The summed E-state index contributed by atoms with van der Waals surface area (Å²) < 4.78 is 22.3. The molecule has 0 bridgehead atoms.